The Bertz CT molecular complexity index is 645. The van der Waals surface area contributed by atoms with Crippen LogP contribution in [-0.4, -0.2) is 68.4 Å². The molecule has 1 N–H and O–H groups in total. The van der Waals surface area contributed by atoms with Crippen molar-refractivity contribution < 1.29 is 14.3 Å². The number of hydrogen-bond acceptors (Lipinski definition) is 4. The summed E-state index contributed by atoms with van der Waals surface area (Å²) in [5.41, 5.74) is 2.18. The third kappa shape index (κ3) is 4.89. The largest absolute Gasteiger partial charge is 0.487 e. The van der Waals surface area contributed by atoms with Crippen LogP contribution in [0.5, 0.6) is 5.75 Å². The normalized spacial score (nSPS) is 21.9. The van der Waals surface area contributed by atoms with Crippen LogP contribution in [0.1, 0.15) is 25.0 Å². The topological polar surface area (TPSA) is 54.0 Å². The van der Waals surface area contributed by atoms with Crippen molar-refractivity contribution in [1.29, 1.82) is 0 Å². The number of amides is 2. The summed E-state index contributed by atoms with van der Waals surface area (Å²) in [6, 6.07) is 6.17. The molecule has 0 aromatic heterocycles. The van der Waals surface area contributed by atoms with Crippen molar-refractivity contribution in [3.8, 4) is 5.75 Å². The molecular formula is C20H31N3O3. The third-order valence-electron chi connectivity index (χ3n) is 4.82. The smallest absolute Gasteiger partial charge is 0.317 e. The Morgan fingerprint density at radius 2 is 2.19 bits per heavy atom. The van der Waals surface area contributed by atoms with E-state index in [0.29, 0.717) is 32.2 Å². The summed E-state index contributed by atoms with van der Waals surface area (Å²) in [4.78, 5) is 16.6. The van der Waals surface area contributed by atoms with Crippen LogP contribution in [0, 0.1) is 5.92 Å². The maximum absolute atomic E-state index is 12.6. The lowest BCUT2D eigenvalue weighted by molar-refractivity contribution is 0.112. The quantitative estimate of drug-likeness (QED) is 0.893. The molecule has 0 spiro atoms. The van der Waals surface area contributed by atoms with Gasteiger partial charge >= 0.3 is 6.03 Å². The molecule has 1 aromatic carbocycles. The molecule has 0 bridgehead atoms. The van der Waals surface area contributed by atoms with Gasteiger partial charge in [-0.05, 0) is 45.1 Å². The maximum Gasteiger partial charge on any atom is 0.317 e. The molecule has 144 valence electrons. The van der Waals surface area contributed by atoms with E-state index >= 15 is 0 Å². The number of nitrogens with zero attached hydrogens (tertiary/aromatic N) is 2. The molecule has 3 rings (SSSR count). The van der Waals surface area contributed by atoms with E-state index in [1.165, 1.54) is 5.56 Å². The minimum absolute atomic E-state index is 0.0173. The molecule has 2 aliphatic rings. The lowest BCUT2D eigenvalue weighted by Gasteiger charge is -2.25. The van der Waals surface area contributed by atoms with Crippen LogP contribution in [0.15, 0.2) is 18.2 Å². The molecule has 6 nitrogen and oxygen atoms in total. The Hall–Kier alpha value is -1.79. The van der Waals surface area contributed by atoms with Crippen LogP contribution in [0.2, 0.25) is 0 Å². The lowest BCUT2D eigenvalue weighted by atomic mass is 10.0. The van der Waals surface area contributed by atoms with E-state index < -0.39 is 0 Å². The molecule has 2 aliphatic heterocycles. The Morgan fingerprint density at radius 1 is 1.38 bits per heavy atom. The van der Waals surface area contributed by atoms with Crippen LogP contribution >= 0.6 is 0 Å². The summed E-state index contributed by atoms with van der Waals surface area (Å²) in [5.74, 6) is 1.30. The van der Waals surface area contributed by atoms with Crippen LogP contribution < -0.4 is 10.1 Å². The number of carbonyl (C=O) groups is 1. The van der Waals surface area contributed by atoms with Crippen molar-refractivity contribution in [3.63, 3.8) is 0 Å². The average Bonchev–Trinajstić information content (AvgIpc) is 2.71. The van der Waals surface area contributed by atoms with Gasteiger partial charge in [0, 0.05) is 38.5 Å². The highest BCUT2D eigenvalue weighted by molar-refractivity contribution is 5.74. The van der Waals surface area contributed by atoms with Gasteiger partial charge in [0.2, 0.25) is 0 Å². The van der Waals surface area contributed by atoms with Crippen molar-refractivity contribution in [2.75, 3.05) is 46.9 Å². The highest BCUT2D eigenvalue weighted by Gasteiger charge is 2.30. The van der Waals surface area contributed by atoms with Gasteiger partial charge in [0.1, 0.15) is 11.4 Å². The van der Waals surface area contributed by atoms with Gasteiger partial charge in [0.15, 0.2) is 0 Å². The number of ether oxygens (including phenoxy) is 2. The number of benzene rings is 1. The maximum atomic E-state index is 12.6. The van der Waals surface area contributed by atoms with Gasteiger partial charge in [0.25, 0.3) is 0 Å². The van der Waals surface area contributed by atoms with E-state index in [4.69, 9.17) is 9.47 Å². The van der Waals surface area contributed by atoms with Crippen molar-refractivity contribution in [1.82, 2.24) is 15.1 Å². The minimum atomic E-state index is -0.141. The number of nitrogens with one attached hydrogen (secondary N) is 1. The second-order valence-corrected chi connectivity index (χ2v) is 8.29. The first kappa shape index (κ1) is 19.0. The number of hydrogen-bond donors (Lipinski definition) is 1. The molecule has 6 heteroatoms. The van der Waals surface area contributed by atoms with Gasteiger partial charge in [-0.2, -0.15) is 0 Å². The Kier molecular flexibility index (Phi) is 5.73. The average molecular weight is 361 g/mol. The molecule has 1 aromatic rings. The highest BCUT2D eigenvalue weighted by Crippen LogP contribution is 2.35. The van der Waals surface area contributed by atoms with Crippen LogP contribution in [0.3, 0.4) is 0 Å². The number of carbonyl (C=O) groups excluding carboxylic acids is 1. The van der Waals surface area contributed by atoms with E-state index in [0.717, 1.165) is 30.8 Å². The molecule has 1 saturated heterocycles. The predicted molar refractivity (Wildman–Crippen MR) is 102 cm³/mol. The first-order chi connectivity index (χ1) is 12.3. The standard InChI is InChI=1S/C20H31N3O3/c1-20(2)10-17-9-15(5-6-18(17)26-20)11-21-19(24)23-7-8-25-14-16(13-23)12-22(3)4/h5-6,9,16H,7-8,10-14H2,1-4H3,(H,21,24)/t16-/m1/s1. The zero-order chi connectivity index (χ0) is 18.7. The zero-order valence-corrected chi connectivity index (χ0v) is 16.4. The van der Waals surface area contributed by atoms with Crippen molar-refractivity contribution in [2.24, 2.45) is 5.92 Å². The van der Waals surface area contributed by atoms with Gasteiger partial charge in [-0.15, -0.1) is 0 Å². The highest BCUT2D eigenvalue weighted by atomic mass is 16.5. The van der Waals surface area contributed by atoms with Crippen LogP contribution in [0.25, 0.3) is 0 Å². The summed E-state index contributed by atoms with van der Waals surface area (Å²) >= 11 is 0. The molecule has 0 unspecified atom stereocenters. The number of fused-ring (bicyclic) bond motifs is 1. The molecule has 26 heavy (non-hydrogen) atoms. The summed E-state index contributed by atoms with van der Waals surface area (Å²) < 4.78 is 11.6. The molecule has 0 aliphatic carbocycles. The molecule has 2 amide bonds. The fraction of sp³-hybridized carbons (Fsp3) is 0.650. The molecule has 1 fully saturated rings. The second kappa shape index (κ2) is 7.84. The minimum Gasteiger partial charge on any atom is -0.487 e. The second-order valence-electron chi connectivity index (χ2n) is 8.29. The Balaban J connectivity index is 1.55. The fourth-order valence-electron chi connectivity index (χ4n) is 3.75. The molecule has 1 atom stereocenters. The summed E-state index contributed by atoms with van der Waals surface area (Å²) in [5, 5.41) is 3.06. The van der Waals surface area contributed by atoms with E-state index in [2.05, 4.69) is 30.1 Å². The van der Waals surface area contributed by atoms with E-state index in [1.807, 2.05) is 31.1 Å². The van der Waals surface area contributed by atoms with Crippen molar-refractivity contribution >= 4 is 6.03 Å². The summed E-state index contributed by atoms with van der Waals surface area (Å²) in [7, 11) is 4.10. The monoisotopic (exact) mass is 361 g/mol. The fourth-order valence-corrected chi connectivity index (χ4v) is 3.75. The molecule has 2 heterocycles. The number of rotatable bonds is 4. The zero-order valence-electron chi connectivity index (χ0n) is 16.4. The van der Waals surface area contributed by atoms with Gasteiger partial charge in [0.05, 0.1) is 13.2 Å². The predicted octanol–water partition coefficient (Wildman–Crippen LogP) is 2.12. The van der Waals surface area contributed by atoms with Crippen LogP contribution in [-0.2, 0) is 17.7 Å². The van der Waals surface area contributed by atoms with E-state index in [1.54, 1.807) is 0 Å². The van der Waals surface area contributed by atoms with Gasteiger partial charge in [-0.1, -0.05) is 12.1 Å². The molecular weight excluding hydrogens is 330 g/mol. The van der Waals surface area contributed by atoms with Crippen molar-refractivity contribution in [3.05, 3.63) is 29.3 Å². The summed E-state index contributed by atoms with van der Waals surface area (Å²) in [6.45, 7) is 8.33. The van der Waals surface area contributed by atoms with Gasteiger partial charge in [-0.25, -0.2) is 4.79 Å². The first-order valence-corrected chi connectivity index (χ1v) is 9.38. The van der Waals surface area contributed by atoms with Gasteiger partial charge < -0.3 is 24.6 Å². The van der Waals surface area contributed by atoms with Gasteiger partial charge in [-0.3, -0.25) is 0 Å². The number of urea groups is 1. The Labute approximate surface area is 156 Å². The molecule has 0 saturated carbocycles. The molecule has 0 radical (unpaired) electrons. The first-order valence-electron chi connectivity index (χ1n) is 9.38. The van der Waals surface area contributed by atoms with E-state index in [-0.39, 0.29) is 11.6 Å². The lowest BCUT2D eigenvalue weighted by Crippen LogP contribution is -2.44. The third-order valence-corrected chi connectivity index (χ3v) is 4.82. The summed E-state index contributed by atoms with van der Waals surface area (Å²) in [6.07, 6.45) is 0.903. The SMILES string of the molecule is CN(C)C[C@H]1COCCN(C(=O)NCc2ccc3c(c2)CC(C)(C)O3)C1. The van der Waals surface area contributed by atoms with E-state index in [9.17, 15) is 4.79 Å². The Morgan fingerprint density at radius 3 is 2.96 bits per heavy atom. The van der Waals surface area contributed by atoms with Crippen LogP contribution in [0.4, 0.5) is 4.79 Å². The van der Waals surface area contributed by atoms with Crippen molar-refractivity contribution in [2.45, 2.75) is 32.4 Å².